The first kappa shape index (κ1) is 7.61. The van der Waals surface area contributed by atoms with Crippen molar-refractivity contribution >= 4 is 17.6 Å². The maximum Gasteiger partial charge on any atom is 0.319 e. The Bertz CT molecular complexity index is 163. The van der Waals surface area contributed by atoms with Crippen molar-refractivity contribution in [3.8, 4) is 0 Å². The lowest BCUT2D eigenvalue weighted by atomic mass is 10.4. The smallest absolute Gasteiger partial charge is 0.319 e. The highest BCUT2D eigenvalue weighted by Crippen LogP contribution is 1.68. The third-order valence-corrected chi connectivity index (χ3v) is 0.577. The fourth-order valence-electron chi connectivity index (χ4n) is 0.206. The summed E-state index contributed by atoms with van der Waals surface area (Å²) in [6, 6.07) is -0.938. The molecule has 0 aromatic heterocycles. The van der Waals surface area contributed by atoms with Gasteiger partial charge in [0.05, 0.1) is 5.71 Å². The van der Waals surface area contributed by atoms with Gasteiger partial charge in [-0.3, -0.25) is 15.5 Å². The van der Waals surface area contributed by atoms with Crippen molar-refractivity contribution in [2.75, 3.05) is 0 Å². The maximum absolute atomic E-state index is 10.3. The van der Waals surface area contributed by atoms with Crippen molar-refractivity contribution in [3.63, 3.8) is 0 Å². The first-order valence-electron chi connectivity index (χ1n) is 2.20. The molecule has 0 bridgehead atoms. The van der Waals surface area contributed by atoms with E-state index >= 15 is 0 Å². The van der Waals surface area contributed by atoms with E-state index in [1.807, 2.05) is 0 Å². The van der Waals surface area contributed by atoms with Crippen LogP contribution in [0.5, 0.6) is 0 Å². The van der Waals surface area contributed by atoms with Crippen LogP contribution in [0.15, 0.2) is 0 Å². The topological polar surface area (TPSA) is 96.0 Å². The number of carbonyl (C=O) groups is 2. The van der Waals surface area contributed by atoms with Crippen LogP contribution < -0.4 is 11.1 Å². The number of carbonyl (C=O) groups excluding carboxylic acids is 2. The molecule has 5 nitrogen and oxygen atoms in total. The van der Waals surface area contributed by atoms with Gasteiger partial charge in [-0.2, -0.15) is 0 Å². The van der Waals surface area contributed by atoms with E-state index in [9.17, 15) is 9.59 Å². The number of amides is 3. The molecule has 50 valence electrons. The van der Waals surface area contributed by atoms with E-state index in [1.54, 1.807) is 5.32 Å². The van der Waals surface area contributed by atoms with E-state index in [0.29, 0.717) is 0 Å². The first-order valence-corrected chi connectivity index (χ1v) is 2.20. The highest BCUT2D eigenvalue weighted by Gasteiger charge is 2.03. The minimum Gasteiger partial charge on any atom is -0.351 e. The monoisotopic (exact) mass is 129 g/mol. The van der Waals surface area contributed by atoms with Gasteiger partial charge in [0.25, 0.3) is 5.91 Å². The normalized spacial score (nSPS) is 8.11. The van der Waals surface area contributed by atoms with Gasteiger partial charge in [-0.05, 0) is 6.92 Å². The molecular weight excluding hydrogens is 122 g/mol. The molecule has 0 atom stereocenters. The molecule has 4 N–H and O–H groups in total. The number of hydrogen-bond acceptors (Lipinski definition) is 3. The van der Waals surface area contributed by atoms with E-state index in [-0.39, 0.29) is 5.71 Å². The lowest BCUT2D eigenvalue weighted by molar-refractivity contribution is -0.113. The SMILES string of the molecule is CC(=N)C(=O)NC(N)=O. The van der Waals surface area contributed by atoms with Crippen molar-refractivity contribution < 1.29 is 9.59 Å². The van der Waals surface area contributed by atoms with Gasteiger partial charge in [0.2, 0.25) is 0 Å². The summed E-state index contributed by atoms with van der Waals surface area (Å²) >= 11 is 0. The number of urea groups is 1. The van der Waals surface area contributed by atoms with Crippen molar-refractivity contribution in [1.82, 2.24) is 5.32 Å². The van der Waals surface area contributed by atoms with E-state index in [4.69, 9.17) is 5.41 Å². The molecule has 0 aromatic carbocycles. The molecule has 0 aromatic rings. The average Bonchev–Trinajstić information content (AvgIpc) is 1.63. The molecule has 9 heavy (non-hydrogen) atoms. The second kappa shape index (κ2) is 2.81. The largest absolute Gasteiger partial charge is 0.351 e. The van der Waals surface area contributed by atoms with Crippen LogP contribution in [0.2, 0.25) is 0 Å². The summed E-state index contributed by atoms with van der Waals surface area (Å²) in [7, 11) is 0. The molecular formula is C4H7N3O2. The Labute approximate surface area is 51.7 Å². The molecule has 0 rings (SSSR count). The van der Waals surface area contributed by atoms with Crippen LogP contribution in [0.4, 0.5) is 4.79 Å². The molecule has 0 unspecified atom stereocenters. The molecule has 0 aliphatic rings. The van der Waals surface area contributed by atoms with E-state index in [2.05, 4.69) is 5.73 Å². The predicted molar refractivity (Wildman–Crippen MR) is 31.1 cm³/mol. The summed E-state index contributed by atoms with van der Waals surface area (Å²) in [6.45, 7) is 1.26. The molecule has 0 aliphatic carbocycles. The number of primary amides is 1. The van der Waals surface area contributed by atoms with Gasteiger partial charge in [-0.15, -0.1) is 0 Å². The van der Waals surface area contributed by atoms with Gasteiger partial charge in [0.1, 0.15) is 0 Å². The van der Waals surface area contributed by atoms with Crippen LogP contribution in [-0.2, 0) is 4.79 Å². The molecule has 0 radical (unpaired) electrons. The van der Waals surface area contributed by atoms with Crippen LogP contribution in [0.3, 0.4) is 0 Å². The average molecular weight is 129 g/mol. The van der Waals surface area contributed by atoms with Crippen LogP contribution in [-0.4, -0.2) is 17.6 Å². The van der Waals surface area contributed by atoms with Gasteiger partial charge in [0, 0.05) is 0 Å². The maximum atomic E-state index is 10.3. The number of nitrogens with two attached hydrogens (primary N) is 1. The molecule has 0 fully saturated rings. The van der Waals surface area contributed by atoms with E-state index in [1.165, 1.54) is 6.92 Å². The Hall–Kier alpha value is -1.39. The molecule has 0 saturated heterocycles. The molecule has 0 aliphatic heterocycles. The van der Waals surface area contributed by atoms with Crippen molar-refractivity contribution in [3.05, 3.63) is 0 Å². The second-order valence-corrected chi connectivity index (χ2v) is 1.44. The zero-order valence-corrected chi connectivity index (χ0v) is 4.89. The minimum atomic E-state index is -0.938. The van der Waals surface area contributed by atoms with Crippen LogP contribution in [0, 0.1) is 5.41 Å². The summed E-state index contributed by atoms with van der Waals surface area (Å²) in [5.74, 6) is -0.762. The third-order valence-electron chi connectivity index (χ3n) is 0.577. The number of imide groups is 1. The zero-order valence-electron chi connectivity index (χ0n) is 4.89. The highest BCUT2D eigenvalue weighted by atomic mass is 16.2. The Balaban J connectivity index is 3.79. The van der Waals surface area contributed by atoms with Gasteiger partial charge in [-0.1, -0.05) is 0 Å². The van der Waals surface area contributed by atoms with Crippen LogP contribution in [0.25, 0.3) is 0 Å². The number of rotatable bonds is 1. The number of hydrogen-bond donors (Lipinski definition) is 3. The quantitative estimate of drug-likeness (QED) is 0.405. The standard InChI is InChI=1S/C4H7N3O2/c1-2(5)3(8)7-4(6)9/h5H,1H3,(H3,6,7,8,9). The molecule has 0 heterocycles. The fraction of sp³-hybridized carbons (Fsp3) is 0.250. The van der Waals surface area contributed by atoms with Crippen LogP contribution in [0.1, 0.15) is 6.92 Å². The second-order valence-electron chi connectivity index (χ2n) is 1.44. The molecule has 5 heteroatoms. The Morgan fingerprint density at radius 1 is 1.56 bits per heavy atom. The van der Waals surface area contributed by atoms with Crippen molar-refractivity contribution in [2.45, 2.75) is 6.92 Å². The number of nitrogens with one attached hydrogen (secondary N) is 2. The first-order chi connectivity index (χ1) is 4.04. The summed E-state index contributed by atoms with van der Waals surface area (Å²) in [4.78, 5) is 20.2. The molecule has 0 saturated carbocycles. The lowest BCUT2D eigenvalue weighted by Gasteiger charge is -1.94. The Morgan fingerprint density at radius 3 is 2.11 bits per heavy atom. The van der Waals surface area contributed by atoms with Gasteiger partial charge >= 0.3 is 6.03 Å². The van der Waals surface area contributed by atoms with E-state index < -0.39 is 11.9 Å². The Kier molecular flexibility index (Phi) is 2.37. The highest BCUT2D eigenvalue weighted by molar-refractivity contribution is 6.38. The van der Waals surface area contributed by atoms with Gasteiger partial charge in [-0.25, -0.2) is 4.79 Å². The summed E-state index contributed by atoms with van der Waals surface area (Å²) < 4.78 is 0. The van der Waals surface area contributed by atoms with Crippen LogP contribution >= 0.6 is 0 Å². The third kappa shape index (κ3) is 3.22. The van der Waals surface area contributed by atoms with Gasteiger partial charge < -0.3 is 5.73 Å². The summed E-state index contributed by atoms with van der Waals surface area (Å²) in [6.07, 6.45) is 0. The van der Waals surface area contributed by atoms with Gasteiger partial charge in [0.15, 0.2) is 0 Å². The predicted octanol–water partition coefficient (Wildman–Crippen LogP) is -0.779. The fourth-order valence-corrected chi connectivity index (χ4v) is 0.206. The van der Waals surface area contributed by atoms with Crippen molar-refractivity contribution in [2.24, 2.45) is 5.73 Å². The van der Waals surface area contributed by atoms with Crippen molar-refractivity contribution in [1.29, 1.82) is 5.41 Å². The molecule has 0 spiro atoms. The minimum absolute atomic E-state index is 0.242. The van der Waals surface area contributed by atoms with E-state index in [0.717, 1.165) is 0 Å². The molecule has 3 amide bonds. The Morgan fingerprint density at radius 2 is 2.00 bits per heavy atom. The lowest BCUT2D eigenvalue weighted by Crippen LogP contribution is -2.38. The summed E-state index contributed by atoms with van der Waals surface area (Å²) in [5.41, 5.74) is 4.32. The summed E-state index contributed by atoms with van der Waals surface area (Å²) in [5, 5.41) is 8.39. The zero-order chi connectivity index (χ0) is 7.44.